The Balaban J connectivity index is 1.62. The minimum absolute atomic E-state index is 0.205. The van der Waals surface area contributed by atoms with Crippen molar-refractivity contribution < 1.29 is 14.3 Å². The Morgan fingerprint density at radius 2 is 1.81 bits per heavy atom. The minimum Gasteiger partial charge on any atom is -0.497 e. The van der Waals surface area contributed by atoms with E-state index in [1.54, 1.807) is 49.6 Å². The van der Waals surface area contributed by atoms with Crippen LogP contribution < -0.4 is 14.8 Å². The highest BCUT2D eigenvalue weighted by Crippen LogP contribution is 2.20. The lowest BCUT2D eigenvalue weighted by atomic mass is 10.00. The zero-order chi connectivity index (χ0) is 19.2. The molecular formula is C21H24N2O3S. The van der Waals surface area contributed by atoms with Gasteiger partial charge < -0.3 is 19.7 Å². The van der Waals surface area contributed by atoms with Gasteiger partial charge in [0.25, 0.3) is 11.1 Å². The Hall–Kier alpha value is -2.60. The number of rotatable bonds is 4. The molecule has 1 fully saturated rings. The van der Waals surface area contributed by atoms with Crippen LogP contribution >= 0.6 is 12.2 Å². The second kappa shape index (κ2) is 8.86. The first-order chi connectivity index (χ1) is 13.0. The normalized spacial score (nSPS) is 14.5. The summed E-state index contributed by atoms with van der Waals surface area (Å²) < 4.78 is 10.9. The van der Waals surface area contributed by atoms with Gasteiger partial charge in [-0.05, 0) is 73.4 Å². The highest BCUT2D eigenvalue weighted by atomic mass is 32.1. The van der Waals surface area contributed by atoms with Crippen LogP contribution in [0.2, 0.25) is 0 Å². The van der Waals surface area contributed by atoms with E-state index >= 15 is 0 Å². The van der Waals surface area contributed by atoms with Crippen molar-refractivity contribution in [2.45, 2.75) is 19.8 Å². The molecule has 5 nitrogen and oxygen atoms in total. The fourth-order valence-corrected chi connectivity index (χ4v) is 3.21. The number of anilines is 1. The molecule has 0 aliphatic carbocycles. The van der Waals surface area contributed by atoms with Crippen LogP contribution in [-0.2, 0) is 0 Å². The summed E-state index contributed by atoms with van der Waals surface area (Å²) in [6, 6.07) is 14.2. The van der Waals surface area contributed by atoms with E-state index in [2.05, 4.69) is 17.1 Å². The molecule has 6 heteroatoms. The van der Waals surface area contributed by atoms with E-state index in [0.29, 0.717) is 22.2 Å². The number of carbonyl (C=O) groups excluding carboxylic acids is 1. The quantitative estimate of drug-likeness (QED) is 0.795. The molecule has 0 aromatic heterocycles. The maximum Gasteiger partial charge on any atom is 0.264 e. The molecule has 0 bridgehead atoms. The molecule has 1 heterocycles. The van der Waals surface area contributed by atoms with E-state index in [4.69, 9.17) is 21.7 Å². The molecule has 2 aromatic rings. The van der Waals surface area contributed by atoms with Crippen LogP contribution in [-0.4, -0.2) is 36.2 Å². The largest absolute Gasteiger partial charge is 0.497 e. The van der Waals surface area contributed by atoms with Gasteiger partial charge in [-0.15, -0.1) is 0 Å². The summed E-state index contributed by atoms with van der Waals surface area (Å²) in [7, 11) is 1.61. The van der Waals surface area contributed by atoms with Gasteiger partial charge in [0.05, 0.1) is 7.11 Å². The van der Waals surface area contributed by atoms with E-state index in [-0.39, 0.29) is 5.91 Å². The lowest BCUT2D eigenvalue weighted by Crippen LogP contribution is -2.39. The summed E-state index contributed by atoms with van der Waals surface area (Å²) in [5, 5.41) is 3.33. The molecule has 0 spiro atoms. The number of ether oxygens (including phenoxy) is 2. The minimum atomic E-state index is -0.205. The van der Waals surface area contributed by atoms with Gasteiger partial charge in [0, 0.05) is 24.3 Å². The van der Waals surface area contributed by atoms with Crippen LogP contribution in [0.4, 0.5) is 5.69 Å². The van der Waals surface area contributed by atoms with Crippen LogP contribution in [0.3, 0.4) is 0 Å². The molecule has 3 rings (SSSR count). The second-order valence-corrected chi connectivity index (χ2v) is 7.10. The van der Waals surface area contributed by atoms with Gasteiger partial charge in [-0.1, -0.05) is 13.0 Å². The van der Waals surface area contributed by atoms with Gasteiger partial charge in [0.1, 0.15) is 11.5 Å². The van der Waals surface area contributed by atoms with Gasteiger partial charge in [-0.3, -0.25) is 4.79 Å². The number of likely N-dealkylation sites (tertiary alicyclic amines) is 1. The molecule has 0 radical (unpaired) electrons. The highest BCUT2D eigenvalue weighted by Gasteiger charge is 2.19. The van der Waals surface area contributed by atoms with Crippen molar-refractivity contribution in [2.24, 2.45) is 5.92 Å². The summed E-state index contributed by atoms with van der Waals surface area (Å²) in [4.78, 5) is 14.6. The van der Waals surface area contributed by atoms with E-state index in [1.165, 1.54) is 0 Å². The van der Waals surface area contributed by atoms with Crippen molar-refractivity contribution in [1.82, 2.24) is 4.90 Å². The van der Waals surface area contributed by atoms with Gasteiger partial charge in [0.15, 0.2) is 0 Å². The lowest BCUT2D eigenvalue weighted by Gasteiger charge is -2.31. The van der Waals surface area contributed by atoms with Crippen LogP contribution in [0, 0.1) is 5.92 Å². The van der Waals surface area contributed by atoms with Crippen molar-refractivity contribution in [3.05, 3.63) is 54.1 Å². The third-order valence-electron chi connectivity index (χ3n) is 4.69. The number of hydrogen-bond donors (Lipinski definition) is 1. The number of thiocarbonyl (C=S) groups is 1. The standard InChI is InChI=1S/C21H24N2O3S/c1-15-10-12-23(13-11-15)21(27)26-19-5-3-4-16(14-19)20(24)22-17-6-8-18(25-2)9-7-17/h3-9,14-15H,10-13H2,1-2H3,(H,22,24). The third-order valence-corrected chi connectivity index (χ3v) is 5.03. The van der Waals surface area contributed by atoms with Crippen LogP contribution in [0.5, 0.6) is 11.5 Å². The fourth-order valence-electron chi connectivity index (χ4n) is 2.93. The topological polar surface area (TPSA) is 50.8 Å². The second-order valence-electron chi connectivity index (χ2n) is 6.75. The Labute approximate surface area is 165 Å². The van der Waals surface area contributed by atoms with Crippen molar-refractivity contribution in [3.8, 4) is 11.5 Å². The molecule has 0 unspecified atom stereocenters. The molecule has 1 amide bonds. The summed E-state index contributed by atoms with van der Waals surface area (Å²) in [6.07, 6.45) is 2.24. The molecule has 142 valence electrons. The van der Waals surface area contributed by atoms with Gasteiger partial charge in [-0.2, -0.15) is 0 Å². The van der Waals surface area contributed by atoms with Crippen LogP contribution in [0.25, 0.3) is 0 Å². The molecule has 0 saturated carbocycles. The van der Waals surface area contributed by atoms with Crippen molar-refractivity contribution in [1.29, 1.82) is 0 Å². The average molecular weight is 385 g/mol. The molecule has 1 N–H and O–H groups in total. The van der Waals surface area contributed by atoms with Gasteiger partial charge in [-0.25, -0.2) is 0 Å². The van der Waals surface area contributed by atoms with Gasteiger partial charge in [0.2, 0.25) is 0 Å². The molecule has 1 aliphatic heterocycles. The maximum atomic E-state index is 12.5. The number of carbonyl (C=O) groups is 1. The lowest BCUT2D eigenvalue weighted by molar-refractivity contribution is 0.102. The number of amides is 1. The first kappa shape index (κ1) is 19.2. The van der Waals surface area contributed by atoms with Crippen molar-refractivity contribution in [3.63, 3.8) is 0 Å². The summed E-state index contributed by atoms with van der Waals surface area (Å²) in [6.45, 7) is 4.08. The first-order valence-corrected chi connectivity index (χ1v) is 9.48. The Morgan fingerprint density at radius 1 is 1.11 bits per heavy atom. The molecule has 0 atom stereocenters. The molecule has 27 heavy (non-hydrogen) atoms. The predicted molar refractivity (Wildman–Crippen MR) is 111 cm³/mol. The summed E-state index contributed by atoms with van der Waals surface area (Å²) in [5.41, 5.74) is 1.21. The van der Waals surface area contributed by atoms with Crippen LogP contribution in [0.15, 0.2) is 48.5 Å². The van der Waals surface area contributed by atoms with Crippen molar-refractivity contribution in [2.75, 3.05) is 25.5 Å². The summed E-state index contributed by atoms with van der Waals surface area (Å²) in [5.74, 6) is 1.84. The van der Waals surface area contributed by atoms with E-state index < -0.39 is 0 Å². The first-order valence-electron chi connectivity index (χ1n) is 9.07. The van der Waals surface area contributed by atoms with Crippen molar-refractivity contribution >= 4 is 29.0 Å². The van der Waals surface area contributed by atoms with E-state index in [0.717, 1.165) is 37.6 Å². The fraction of sp³-hybridized carbons (Fsp3) is 0.333. The number of nitrogens with zero attached hydrogens (tertiary/aromatic N) is 1. The smallest absolute Gasteiger partial charge is 0.264 e. The Bertz CT molecular complexity index is 799. The zero-order valence-electron chi connectivity index (χ0n) is 15.6. The average Bonchev–Trinajstić information content (AvgIpc) is 2.69. The summed E-state index contributed by atoms with van der Waals surface area (Å²) >= 11 is 5.42. The molecular weight excluding hydrogens is 360 g/mol. The SMILES string of the molecule is COc1ccc(NC(=O)c2cccc(OC(=S)N3CCC(C)CC3)c2)cc1. The Kier molecular flexibility index (Phi) is 6.29. The number of hydrogen-bond acceptors (Lipinski definition) is 4. The van der Waals surface area contributed by atoms with E-state index in [9.17, 15) is 4.79 Å². The van der Waals surface area contributed by atoms with Gasteiger partial charge >= 0.3 is 0 Å². The number of piperidine rings is 1. The van der Waals surface area contributed by atoms with E-state index in [1.807, 2.05) is 6.07 Å². The molecule has 1 aliphatic rings. The third kappa shape index (κ3) is 5.20. The zero-order valence-corrected chi connectivity index (χ0v) is 16.4. The molecule has 2 aromatic carbocycles. The highest BCUT2D eigenvalue weighted by molar-refractivity contribution is 7.80. The predicted octanol–water partition coefficient (Wildman–Crippen LogP) is 4.34. The monoisotopic (exact) mass is 384 g/mol. The maximum absolute atomic E-state index is 12.5. The Morgan fingerprint density at radius 3 is 2.48 bits per heavy atom. The number of nitrogens with one attached hydrogen (secondary N) is 1. The number of benzene rings is 2. The number of methoxy groups -OCH3 is 1. The van der Waals surface area contributed by atoms with Crippen LogP contribution in [0.1, 0.15) is 30.1 Å². The molecule has 1 saturated heterocycles.